The molecular weight excluding hydrogens is 418 g/mol. The van der Waals surface area contributed by atoms with Crippen molar-refractivity contribution in [3.63, 3.8) is 0 Å². The summed E-state index contributed by atoms with van der Waals surface area (Å²) in [5, 5.41) is 2.91. The standard InChI is InChI=1S/C20H25FN4O2.2ClH/c1-14(20(26)23-16-5-8-19(27-2)18(22)13-16)24-9-11-25(12-10-24)17-6-3-15(21)4-7-17;;/h3-8,13-14H,9-12,22H2,1-2H3,(H,23,26);2*1H. The van der Waals surface area contributed by atoms with E-state index in [1.54, 1.807) is 37.4 Å². The van der Waals surface area contributed by atoms with Gasteiger partial charge in [0, 0.05) is 37.6 Å². The summed E-state index contributed by atoms with van der Waals surface area (Å²) in [7, 11) is 1.55. The third kappa shape index (κ3) is 6.13. The summed E-state index contributed by atoms with van der Waals surface area (Å²) < 4.78 is 18.2. The zero-order valence-corrected chi connectivity index (χ0v) is 18.1. The van der Waals surface area contributed by atoms with Gasteiger partial charge in [-0.1, -0.05) is 0 Å². The summed E-state index contributed by atoms with van der Waals surface area (Å²) in [4.78, 5) is 16.9. The Morgan fingerprint density at radius 2 is 1.72 bits per heavy atom. The number of halogens is 3. The van der Waals surface area contributed by atoms with Gasteiger partial charge in [-0.25, -0.2) is 4.39 Å². The average molecular weight is 445 g/mol. The maximum atomic E-state index is 13.1. The fourth-order valence-electron chi connectivity index (χ4n) is 3.24. The van der Waals surface area contributed by atoms with Crippen molar-refractivity contribution in [3.8, 4) is 5.75 Å². The van der Waals surface area contributed by atoms with E-state index in [2.05, 4.69) is 15.1 Å². The Kier molecular flexibility index (Phi) is 9.49. The van der Waals surface area contributed by atoms with Gasteiger partial charge >= 0.3 is 0 Å². The van der Waals surface area contributed by atoms with Crippen LogP contribution in [0.3, 0.4) is 0 Å². The zero-order valence-electron chi connectivity index (χ0n) is 16.4. The first-order valence-electron chi connectivity index (χ1n) is 8.97. The molecule has 2 aromatic carbocycles. The lowest BCUT2D eigenvalue weighted by atomic mass is 10.2. The molecule has 3 N–H and O–H groups in total. The van der Waals surface area contributed by atoms with E-state index in [-0.39, 0.29) is 42.6 Å². The van der Waals surface area contributed by atoms with E-state index < -0.39 is 0 Å². The van der Waals surface area contributed by atoms with Crippen LogP contribution in [0.25, 0.3) is 0 Å². The summed E-state index contributed by atoms with van der Waals surface area (Å²) in [6, 6.07) is 11.4. The smallest absolute Gasteiger partial charge is 0.241 e. The number of anilines is 3. The minimum absolute atomic E-state index is 0. The number of nitrogens with two attached hydrogens (primary N) is 1. The van der Waals surface area contributed by atoms with Crippen LogP contribution in [0.1, 0.15) is 6.92 Å². The highest BCUT2D eigenvalue weighted by Gasteiger charge is 2.25. The van der Waals surface area contributed by atoms with Crippen molar-refractivity contribution in [2.24, 2.45) is 0 Å². The SMILES string of the molecule is COc1ccc(NC(=O)C(C)N2CCN(c3ccc(F)cc3)CC2)cc1N.Cl.Cl. The molecular formula is C20H27Cl2FN4O2. The second kappa shape index (κ2) is 11.1. The van der Waals surface area contributed by atoms with Gasteiger partial charge in [0.25, 0.3) is 0 Å². The van der Waals surface area contributed by atoms with Crippen LogP contribution in [-0.2, 0) is 4.79 Å². The van der Waals surface area contributed by atoms with E-state index in [9.17, 15) is 9.18 Å². The summed E-state index contributed by atoms with van der Waals surface area (Å²) >= 11 is 0. The predicted molar refractivity (Wildman–Crippen MR) is 120 cm³/mol. The van der Waals surface area contributed by atoms with Gasteiger partial charge in [-0.3, -0.25) is 9.69 Å². The summed E-state index contributed by atoms with van der Waals surface area (Å²) in [6.45, 7) is 5.00. The van der Waals surface area contributed by atoms with E-state index in [0.29, 0.717) is 17.1 Å². The van der Waals surface area contributed by atoms with Crippen molar-refractivity contribution in [3.05, 3.63) is 48.3 Å². The Bertz CT molecular complexity index is 800. The number of nitrogens with one attached hydrogen (secondary N) is 1. The van der Waals surface area contributed by atoms with Gasteiger partial charge in [0.1, 0.15) is 11.6 Å². The number of carbonyl (C=O) groups is 1. The van der Waals surface area contributed by atoms with Crippen LogP contribution in [0.4, 0.5) is 21.5 Å². The molecule has 0 bridgehead atoms. The van der Waals surface area contributed by atoms with Crippen molar-refractivity contribution in [1.29, 1.82) is 0 Å². The largest absolute Gasteiger partial charge is 0.495 e. The molecule has 0 aromatic heterocycles. The molecule has 29 heavy (non-hydrogen) atoms. The molecule has 0 radical (unpaired) electrons. The van der Waals surface area contributed by atoms with Crippen LogP contribution in [0.15, 0.2) is 42.5 Å². The van der Waals surface area contributed by atoms with Gasteiger partial charge in [-0.2, -0.15) is 0 Å². The summed E-state index contributed by atoms with van der Waals surface area (Å²) in [5.74, 6) is 0.273. The van der Waals surface area contributed by atoms with Gasteiger partial charge in [0.15, 0.2) is 0 Å². The Labute approximate surface area is 183 Å². The maximum Gasteiger partial charge on any atom is 0.241 e. The first-order chi connectivity index (χ1) is 13.0. The summed E-state index contributed by atoms with van der Waals surface area (Å²) in [5.41, 5.74) is 8.02. The van der Waals surface area contributed by atoms with Crippen molar-refractivity contribution < 1.29 is 13.9 Å². The lowest BCUT2D eigenvalue weighted by molar-refractivity contribution is -0.120. The van der Waals surface area contributed by atoms with E-state index >= 15 is 0 Å². The molecule has 1 aliphatic rings. The number of rotatable bonds is 5. The molecule has 3 rings (SSSR count). The van der Waals surface area contributed by atoms with E-state index in [1.807, 2.05) is 6.92 Å². The molecule has 2 aromatic rings. The molecule has 1 amide bonds. The van der Waals surface area contributed by atoms with Crippen molar-refractivity contribution in [1.82, 2.24) is 4.90 Å². The van der Waals surface area contributed by atoms with Gasteiger partial charge in [-0.05, 0) is 49.4 Å². The number of ether oxygens (including phenoxy) is 1. The monoisotopic (exact) mass is 444 g/mol. The number of methoxy groups -OCH3 is 1. The van der Waals surface area contributed by atoms with Crippen LogP contribution in [0, 0.1) is 5.82 Å². The minimum Gasteiger partial charge on any atom is -0.495 e. The van der Waals surface area contributed by atoms with Crippen molar-refractivity contribution >= 4 is 47.8 Å². The number of hydrogen-bond acceptors (Lipinski definition) is 5. The van der Waals surface area contributed by atoms with Crippen LogP contribution >= 0.6 is 24.8 Å². The molecule has 1 aliphatic heterocycles. The fraction of sp³-hybridized carbons (Fsp3) is 0.350. The second-order valence-electron chi connectivity index (χ2n) is 6.62. The highest BCUT2D eigenvalue weighted by atomic mass is 35.5. The molecule has 1 heterocycles. The average Bonchev–Trinajstić information content (AvgIpc) is 2.68. The molecule has 1 unspecified atom stereocenters. The predicted octanol–water partition coefficient (Wildman–Crippen LogP) is 3.41. The second-order valence-corrected chi connectivity index (χ2v) is 6.62. The molecule has 6 nitrogen and oxygen atoms in total. The number of hydrogen-bond donors (Lipinski definition) is 2. The van der Waals surface area contributed by atoms with Crippen LogP contribution < -0.4 is 20.7 Å². The molecule has 160 valence electrons. The fourth-order valence-corrected chi connectivity index (χ4v) is 3.24. The van der Waals surface area contributed by atoms with Crippen LogP contribution in [-0.4, -0.2) is 50.1 Å². The summed E-state index contributed by atoms with van der Waals surface area (Å²) in [6.07, 6.45) is 0. The maximum absolute atomic E-state index is 13.1. The first kappa shape index (κ1) is 24.8. The third-order valence-corrected chi connectivity index (χ3v) is 4.93. The molecule has 1 saturated heterocycles. The highest BCUT2D eigenvalue weighted by molar-refractivity contribution is 5.95. The Morgan fingerprint density at radius 1 is 1.10 bits per heavy atom. The van der Waals surface area contributed by atoms with E-state index in [0.717, 1.165) is 31.9 Å². The number of nitrogens with zero attached hydrogens (tertiary/aromatic N) is 2. The van der Waals surface area contributed by atoms with E-state index in [1.165, 1.54) is 12.1 Å². The number of benzene rings is 2. The lowest BCUT2D eigenvalue weighted by Gasteiger charge is -2.38. The number of piperazine rings is 1. The van der Waals surface area contributed by atoms with Crippen molar-refractivity contribution in [2.45, 2.75) is 13.0 Å². The third-order valence-electron chi connectivity index (χ3n) is 4.93. The van der Waals surface area contributed by atoms with Crippen LogP contribution in [0.5, 0.6) is 5.75 Å². The highest BCUT2D eigenvalue weighted by Crippen LogP contribution is 2.25. The van der Waals surface area contributed by atoms with E-state index in [4.69, 9.17) is 10.5 Å². The van der Waals surface area contributed by atoms with Gasteiger partial charge in [-0.15, -0.1) is 24.8 Å². The Balaban J connectivity index is 0.00000210. The normalized spacial score (nSPS) is 14.9. The Morgan fingerprint density at radius 3 is 2.28 bits per heavy atom. The molecule has 9 heteroatoms. The van der Waals surface area contributed by atoms with Crippen molar-refractivity contribution in [2.75, 3.05) is 49.2 Å². The molecule has 0 saturated carbocycles. The lowest BCUT2D eigenvalue weighted by Crippen LogP contribution is -2.52. The molecule has 1 fully saturated rings. The number of amides is 1. The zero-order chi connectivity index (χ0) is 19.4. The number of nitrogen functional groups attached to an aromatic ring is 1. The van der Waals surface area contributed by atoms with Gasteiger partial charge in [0.05, 0.1) is 18.8 Å². The topological polar surface area (TPSA) is 70.8 Å². The van der Waals surface area contributed by atoms with Gasteiger partial charge < -0.3 is 20.7 Å². The molecule has 0 spiro atoms. The molecule has 1 atom stereocenters. The number of carbonyl (C=O) groups excluding carboxylic acids is 1. The first-order valence-corrected chi connectivity index (χ1v) is 8.97. The van der Waals surface area contributed by atoms with Gasteiger partial charge in [0.2, 0.25) is 5.91 Å². The minimum atomic E-state index is -0.260. The molecule has 0 aliphatic carbocycles. The quantitative estimate of drug-likeness (QED) is 0.691. The van der Waals surface area contributed by atoms with Crippen LogP contribution in [0.2, 0.25) is 0 Å². The Hall–Kier alpha value is -2.22.